The first-order chi connectivity index (χ1) is 11.6. The molecule has 2 heterocycles. The van der Waals surface area contributed by atoms with E-state index in [0.717, 1.165) is 50.0 Å². The average Bonchev–Trinajstić information content (AvgIpc) is 3.04. The van der Waals surface area contributed by atoms with Crippen molar-refractivity contribution >= 4 is 36.4 Å². The van der Waals surface area contributed by atoms with Crippen LogP contribution in [0.4, 0.5) is 10.1 Å². The Labute approximate surface area is 166 Å². The summed E-state index contributed by atoms with van der Waals surface area (Å²) in [5.41, 5.74) is 7.56. The van der Waals surface area contributed by atoms with Crippen LogP contribution >= 0.6 is 24.8 Å². The fourth-order valence-corrected chi connectivity index (χ4v) is 3.65. The molecule has 8 heteroatoms. The summed E-state index contributed by atoms with van der Waals surface area (Å²) in [5.74, 6) is -0.250. The minimum absolute atomic E-state index is 0. The second-order valence-corrected chi connectivity index (χ2v) is 6.78. The molecule has 26 heavy (non-hydrogen) atoms. The number of rotatable bonds is 4. The predicted octanol–water partition coefficient (Wildman–Crippen LogP) is 2.57. The maximum atomic E-state index is 13.3. The van der Waals surface area contributed by atoms with Crippen molar-refractivity contribution < 1.29 is 13.9 Å². The van der Waals surface area contributed by atoms with E-state index in [1.807, 2.05) is 13.0 Å². The number of halogens is 3. The number of carbonyl (C=O) groups excluding carboxylic acids is 1. The Balaban J connectivity index is 0.00000169. The maximum Gasteiger partial charge on any atom is 0.249 e. The molecule has 0 aromatic heterocycles. The molecule has 2 aliphatic rings. The Bertz CT molecular complexity index is 606. The summed E-state index contributed by atoms with van der Waals surface area (Å²) < 4.78 is 19.0. The number of piperidine rings is 1. The van der Waals surface area contributed by atoms with Crippen molar-refractivity contribution in [2.24, 2.45) is 5.73 Å². The highest BCUT2D eigenvalue weighted by atomic mass is 35.5. The van der Waals surface area contributed by atoms with Crippen LogP contribution in [-0.4, -0.2) is 43.8 Å². The highest BCUT2D eigenvalue weighted by Crippen LogP contribution is 2.25. The number of benzene rings is 1. The zero-order chi connectivity index (χ0) is 17.1. The number of hydrogen-bond acceptors (Lipinski definition) is 4. The largest absolute Gasteiger partial charge is 0.369 e. The van der Waals surface area contributed by atoms with Gasteiger partial charge in [0.15, 0.2) is 0 Å². The lowest BCUT2D eigenvalue weighted by molar-refractivity contribution is -0.132. The standard InChI is InChI=1S/C18H26FN3O2.2ClH/c1-12-9-13(19)4-6-16(12)22-8-2-3-14(11-22)21-18(23)17-7-5-15(10-20)24-17;;/h4,6,9,14-15,17H,2-3,5,7-8,10-11,20H2,1H3,(H,21,23);2*1H/t14?,15-,17+;;/m1../s1. The molecule has 0 aliphatic carbocycles. The van der Waals surface area contributed by atoms with Gasteiger partial charge in [0.25, 0.3) is 0 Å². The highest BCUT2D eigenvalue weighted by molar-refractivity contribution is 5.85. The Morgan fingerprint density at radius 3 is 2.77 bits per heavy atom. The van der Waals surface area contributed by atoms with Crippen molar-refractivity contribution in [3.8, 4) is 0 Å². The van der Waals surface area contributed by atoms with Crippen LogP contribution in [0.3, 0.4) is 0 Å². The summed E-state index contributed by atoms with van der Waals surface area (Å²) in [6, 6.07) is 4.96. The number of ether oxygens (including phenoxy) is 1. The van der Waals surface area contributed by atoms with Crippen LogP contribution in [0.15, 0.2) is 18.2 Å². The Kier molecular flexibility index (Phi) is 9.10. The van der Waals surface area contributed by atoms with Gasteiger partial charge in [-0.15, -0.1) is 24.8 Å². The van der Waals surface area contributed by atoms with Gasteiger partial charge < -0.3 is 20.7 Å². The number of nitrogens with two attached hydrogens (primary N) is 1. The molecule has 0 spiro atoms. The van der Waals surface area contributed by atoms with Gasteiger partial charge in [-0.25, -0.2) is 4.39 Å². The molecule has 2 aliphatic heterocycles. The summed E-state index contributed by atoms with van der Waals surface area (Å²) in [7, 11) is 0. The van der Waals surface area contributed by atoms with E-state index in [1.54, 1.807) is 6.07 Å². The number of hydrogen-bond donors (Lipinski definition) is 2. The van der Waals surface area contributed by atoms with E-state index in [1.165, 1.54) is 6.07 Å². The Morgan fingerprint density at radius 1 is 1.35 bits per heavy atom. The molecule has 5 nitrogen and oxygen atoms in total. The number of carbonyl (C=O) groups is 1. The number of nitrogens with zero attached hydrogens (tertiary/aromatic N) is 1. The number of amides is 1. The van der Waals surface area contributed by atoms with Crippen molar-refractivity contribution in [3.63, 3.8) is 0 Å². The molecule has 1 aromatic carbocycles. The van der Waals surface area contributed by atoms with Crippen molar-refractivity contribution in [2.75, 3.05) is 24.5 Å². The summed E-state index contributed by atoms with van der Waals surface area (Å²) >= 11 is 0. The van der Waals surface area contributed by atoms with E-state index >= 15 is 0 Å². The van der Waals surface area contributed by atoms with Gasteiger partial charge in [-0.1, -0.05) is 0 Å². The zero-order valence-electron chi connectivity index (χ0n) is 14.9. The Hall–Kier alpha value is -1.08. The molecule has 1 aromatic rings. The van der Waals surface area contributed by atoms with E-state index in [0.29, 0.717) is 6.54 Å². The van der Waals surface area contributed by atoms with Gasteiger partial charge >= 0.3 is 0 Å². The Morgan fingerprint density at radius 2 is 2.12 bits per heavy atom. The molecule has 1 unspecified atom stereocenters. The normalized spacial score (nSPS) is 25.2. The fourth-order valence-electron chi connectivity index (χ4n) is 3.65. The number of nitrogens with one attached hydrogen (secondary N) is 1. The van der Waals surface area contributed by atoms with Crippen LogP contribution < -0.4 is 16.0 Å². The molecule has 0 radical (unpaired) electrons. The molecular formula is C18H28Cl2FN3O2. The highest BCUT2D eigenvalue weighted by Gasteiger charge is 2.32. The molecule has 148 valence electrons. The van der Waals surface area contributed by atoms with Gasteiger partial charge in [0, 0.05) is 31.4 Å². The average molecular weight is 408 g/mol. The molecule has 3 N–H and O–H groups in total. The van der Waals surface area contributed by atoms with Crippen molar-refractivity contribution in [2.45, 2.75) is 50.9 Å². The van der Waals surface area contributed by atoms with E-state index in [4.69, 9.17) is 10.5 Å². The van der Waals surface area contributed by atoms with E-state index in [9.17, 15) is 9.18 Å². The maximum absolute atomic E-state index is 13.3. The second-order valence-electron chi connectivity index (χ2n) is 6.78. The summed E-state index contributed by atoms with van der Waals surface area (Å²) in [5, 5.41) is 3.12. The monoisotopic (exact) mass is 407 g/mol. The molecule has 2 saturated heterocycles. The number of anilines is 1. The summed E-state index contributed by atoms with van der Waals surface area (Å²) in [6.07, 6.45) is 3.17. The molecule has 3 rings (SSSR count). The van der Waals surface area contributed by atoms with Gasteiger partial charge in [-0.3, -0.25) is 4.79 Å². The van der Waals surface area contributed by atoms with Gasteiger partial charge in [-0.2, -0.15) is 0 Å². The minimum atomic E-state index is -0.374. The van der Waals surface area contributed by atoms with Gasteiger partial charge in [0.05, 0.1) is 6.10 Å². The van der Waals surface area contributed by atoms with Crippen molar-refractivity contribution in [3.05, 3.63) is 29.6 Å². The van der Waals surface area contributed by atoms with Crippen LogP contribution in [0, 0.1) is 12.7 Å². The third kappa shape index (κ3) is 5.46. The molecule has 1 amide bonds. The lowest BCUT2D eigenvalue weighted by Crippen LogP contribution is -2.50. The minimum Gasteiger partial charge on any atom is -0.369 e. The van der Waals surface area contributed by atoms with Crippen LogP contribution in [0.2, 0.25) is 0 Å². The summed E-state index contributed by atoms with van der Waals surface area (Å²) in [4.78, 5) is 14.6. The number of aryl methyl sites for hydroxylation is 1. The molecule has 2 fully saturated rings. The van der Waals surface area contributed by atoms with Crippen LogP contribution in [0.1, 0.15) is 31.2 Å². The lowest BCUT2D eigenvalue weighted by atomic mass is 10.0. The second kappa shape index (κ2) is 10.3. The smallest absolute Gasteiger partial charge is 0.249 e. The third-order valence-electron chi connectivity index (χ3n) is 4.93. The van der Waals surface area contributed by atoms with E-state index < -0.39 is 0 Å². The molecule has 0 bridgehead atoms. The van der Waals surface area contributed by atoms with Crippen LogP contribution in [-0.2, 0) is 9.53 Å². The topological polar surface area (TPSA) is 67.6 Å². The molecule has 3 atom stereocenters. The zero-order valence-corrected chi connectivity index (χ0v) is 16.6. The van der Waals surface area contributed by atoms with Gasteiger partial charge in [0.1, 0.15) is 11.9 Å². The summed E-state index contributed by atoms with van der Waals surface area (Å²) in [6.45, 7) is 4.05. The quantitative estimate of drug-likeness (QED) is 0.804. The fraction of sp³-hybridized carbons (Fsp3) is 0.611. The predicted molar refractivity (Wildman–Crippen MR) is 106 cm³/mol. The molecular weight excluding hydrogens is 380 g/mol. The molecule has 0 saturated carbocycles. The third-order valence-corrected chi connectivity index (χ3v) is 4.93. The van der Waals surface area contributed by atoms with Gasteiger partial charge in [-0.05, 0) is 56.4 Å². The van der Waals surface area contributed by atoms with E-state index in [-0.39, 0.29) is 54.8 Å². The SMILES string of the molecule is Cc1cc(F)ccc1N1CCCC(NC(=O)[C@@H]2CC[C@H](CN)O2)C1.Cl.Cl. The van der Waals surface area contributed by atoms with Crippen LogP contribution in [0.25, 0.3) is 0 Å². The first-order valence-corrected chi connectivity index (χ1v) is 8.74. The van der Waals surface area contributed by atoms with E-state index in [2.05, 4.69) is 10.2 Å². The van der Waals surface area contributed by atoms with Crippen molar-refractivity contribution in [1.29, 1.82) is 0 Å². The first-order valence-electron chi connectivity index (χ1n) is 8.74. The van der Waals surface area contributed by atoms with Crippen molar-refractivity contribution in [1.82, 2.24) is 5.32 Å². The van der Waals surface area contributed by atoms with Crippen LogP contribution in [0.5, 0.6) is 0 Å². The lowest BCUT2D eigenvalue weighted by Gasteiger charge is -2.36. The first kappa shape index (κ1) is 23.0. The van der Waals surface area contributed by atoms with Gasteiger partial charge in [0.2, 0.25) is 5.91 Å².